The van der Waals surface area contributed by atoms with Crippen LogP contribution in [0.15, 0.2) is 112 Å². The lowest BCUT2D eigenvalue weighted by atomic mass is 9.80. The van der Waals surface area contributed by atoms with E-state index in [2.05, 4.69) is 25.4 Å². The quantitative estimate of drug-likeness (QED) is 0.0591. The first-order chi connectivity index (χ1) is 24.2. The number of ether oxygens (including phenoxy) is 2. The van der Waals surface area contributed by atoms with E-state index in [0.29, 0.717) is 41.0 Å². The zero-order valence-electron chi connectivity index (χ0n) is 26.5. The fourth-order valence-corrected chi connectivity index (χ4v) is 5.68. The first kappa shape index (κ1) is 35.3. The molecule has 12 nitrogen and oxygen atoms in total. The molecule has 4 aromatic rings. The second-order valence-electron chi connectivity index (χ2n) is 11.2. The SMILES string of the molecule is [N-]=[N+]=NCc1ccccc1[C@H]1OC(c2ccc(OCCCO)cc2)=N[C@@]1(Cc1ccccc1N=[N+]=[N-])C(=O)NCc1ccccc1C(F)(F)F. The second-order valence-corrected chi connectivity index (χ2v) is 11.2. The third-order valence-corrected chi connectivity index (χ3v) is 8.04. The number of rotatable bonds is 14. The molecular formula is C35H31F3N8O4. The Morgan fingerprint density at radius 2 is 1.62 bits per heavy atom. The lowest BCUT2D eigenvalue weighted by molar-refractivity contribution is -0.138. The van der Waals surface area contributed by atoms with E-state index < -0.39 is 35.8 Å². The van der Waals surface area contributed by atoms with Gasteiger partial charge < -0.3 is 19.9 Å². The highest BCUT2D eigenvalue weighted by Gasteiger charge is 2.54. The van der Waals surface area contributed by atoms with E-state index in [0.717, 1.165) is 6.07 Å². The Balaban J connectivity index is 1.66. The fraction of sp³-hybridized carbons (Fsp3) is 0.257. The number of hydrogen-bond donors (Lipinski definition) is 2. The summed E-state index contributed by atoms with van der Waals surface area (Å²) in [5.74, 6) is -0.178. The van der Waals surface area contributed by atoms with Crippen LogP contribution in [0.25, 0.3) is 20.9 Å². The molecule has 0 bridgehead atoms. The van der Waals surface area contributed by atoms with E-state index in [9.17, 15) is 23.5 Å². The van der Waals surface area contributed by atoms with Crippen molar-refractivity contribution < 1.29 is 32.5 Å². The van der Waals surface area contributed by atoms with E-state index in [1.807, 2.05) is 0 Å². The Bertz CT molecular complexity index is 1960. The molecule has 1 amide bonds. The lowest BCUT2D eigenvalue weighted by Gasteiger charge is -2.32. The highest BCUT2D eigenvalue weighted by Crippen LogP contribution is 2.45. The van der Waals surface area contributed by atoms with Crippen LogP contribution in [0.4, 0.5) is 18.9 Å². The van der Waals surface area contributed by atoms with Crippen molar-refractivity contribution in [3.63, 3.8) is 0 Å². The lowest BCUT2D eigenvalue weighted by Crippen LogP contribution is -2.50. The number of amides is 1. The highest BCUT2D eigenvalue weighted by atomic mass is 19.4. The molecule has 0 aromatic heterocycles. The number of carbonyl (C=O) groups is 1. The van der Waals surface area contributed by atoms with Gasteiger partial charge in [-0.1, -0.05) is 77.0 Å². The number of aliphatic hydroxyl groups excluding tert-OH is 1. The van der Waals surface area contributed by atoms with Crippen LogP contribution >= 0.6 is 0 Å². The number of aliphatic imine (C=N–C) groups is 1. The minimum absolute atomic E-state index is 0.0278. The van der Waals surface area contributed by atoms with Crippen LogP contribution in [0.3, 0.4) is 0 Å². The number of nitrogens with zero attached hydrogens (tertiary/aromatic N) is 7. The fourth-order valence-electron chi connectivity index (χ4n) is 5.68. The number of aliphatic hydroxyl groups is 1. The van der Waals surface area contributed by atoms with Crippen LogP contribution in [0, 0.1) is 0 Å². The molecule has 0 saturated carbocycles. The van der Waals surface area contributed by atoms with Crippen LogP contribution in [-0.4, -0.2) is 35.7 Å². The molecule has 0 spiro atoms. The number of nitrogens with one attached hydrogen (secondary N) is 1. The van der Waals surface area contributed by atoms with Gasteiger partial charge in [0.1, 0.15) is 5.75 Å². The minimum Gasteiger partial charge on any atom is -0.494 e. The number of alkyl halides is 3. The van der Waals surface area contributed by atoms with Gasteiger partial charge in [0.25, 0.3) is 5.91 Å². The minimum atomic E-state index is -4.66. The van der Waals surface area contributed by atoms with Gasteiger partial charge in [-0.25, -0.2) is 4.99 Å². The van der Waals surface area contributed by atoms with Crippen molar-refractivity contribution in [3.05, 3.63) is 151 Å². The number of azide groups is 2. The van der Waals surface area contributed by atoms with Crippen LogP contribution in [0.1, 0.15) is 45.9 Å². The summed E-state index contributed by atoms with van der Waals surface area (Å²) in [7, 11) is 0. The zero-order valence-corrected chi connectivity index (χ0v) is 26.5. The van der Waals surface area contributed by atoms with Crippen molar-refractivity contribution in [1.29, 1.82) is 0 Å². The Morgan fingerprint density at radius 3 is 2.32 bits per heavy atom. The second kappa shape index (κ2) is 15.9. The Morgan fingerprint density at radius 1 is 0.940 bits per heavy atom. The molecule has 1 aliphatic rings. The number of carbonyl (C=O) groups excluding carboxylic acids is 1. The van der Waals surface area contributed by atoms with Crippen molar-refractivity contribution in [1.82, 2.24) is 5.32 Å². The largest absolute Gasteiger partial charge is 0.494 e. The van der Waals surface area contributed by atoms with Crippen molar-refractivity contribution in [2.75, 3.05) is 13.2 Å². The van der Waals surface area contributed by atoms with Crippen LogP contribution in [-0.2, 0) is 35.2 Å². The molecule has 5 rings (SSSR count). The summed E-state index contributed by atoms with van der Waals surface area (Å²) in [6, 6.07) is 25.1. The van der Waals surface area contributed by atoms with E-state index in [1.54, 1.807) is 72.8 Å². The molecule has 0 unspecified atom stereocenters. The molecule has 4 aromatic carbocycles. The molecule has 50 heavy (non-hydrogen) atoms. The third-order valence-electron chi connectivity index (χ3n) is 8.04. The summed E-state index contributed by atoms with van der Waals surface area (Å²) < 4.78 is 53.8. The third kappa shape index (κ3) is 7.99. The van der Waals surface area contributed by atoms with Gasteiger partial charge in [0, 0.05) is 47.1 Å². The molecule has 1 heterocycles. The number of halogens is 3. The topological polar surface area (TPSA) is 178 Å². The molecule has 0 saturated heterocycles. The summed E-state index contributed by atoms with van der Waals surface area (Å²) in [5.41, 5.74) is 17.6. The maximum atomic E-state index is 14.7. The van der Waals surface area contributed by atoms with Gasteiger partial charge >= 0.3 is 6.18 Å². The summed E-state index contributed by atoms with van der Waals surface area (Å²) in [6.07, 6.45) is -5.59. The molecular weight excluding hydrogens is 653 g/mol. The van der Waals surface area contributed by atoms with Crippen molar-refractivity contribution in [2.45, 2.75) is 43.8 Å². The normalized spacial score (nSPS) is 16.7. The van der Waals surface area contributed by atoms with Gasteiger partial charge in [0.15, 0.2) is 11.6 Å². The monoisotopic (exact) mass is 684 g/mol. The van der Waals surface area contributed by atoms with E-state index >= 15 is 0 Å². The molecule has 0 aliphatic carbocycles. The van der Waals surface area contributed by atoms with Crippen molar-refractivity contribution in [2.24, 2.45) is 15.2 Å². The highest BCUT2D eigenvalue weighted by molar-refractivity contribution is 6.01. The molecule has 0 radical (unpaired) electrons. The predicted octanol–water partition coefficient (Wildman–Crippen LogP) is 8.03. The van der Waals surface area contributed by atoms with Crippen LogP contribution in [0.5, 0.6) is 5.75 Å². The van der Waals surface area contributed by atoms with E-state index in [-0.39, 0.29) is 36.7 Å². The van der Waals surface area contributed by atoms with Gasteiger partial charge in [-0.05, 0) is 63.6 Å². The van der Waals surface area contributed by atoms with Gasteiger partial charge in [-0.15, -0.1) is 0 Å². The molecule has 1 aliphatic heterocycles. The van der Waals surface area contributed by atoms with Crippen molar-refractivity contribution in [3.8, 4) is 5.75 Å². The first-order valence-corrected chi connectivity index (χ1v) is 15.5. The average molecular weight is 685 g/mol. The Kier molecular flexibility index (Phi) is 11.2. The summed E-state index contributed by atoms with van der Waals surface area (Å²) in [6.45, 7) is -0.303. The predicted molar refractivity (Wildman–Crippen MR) is 178 cm³/mol. The Hall–Kier alpha value is -6.01. The summed E-state index contributed by atoms with van der Waals surface area (Å²) in [4.78, 5) is 25.3. The van der Waals surface area contributed by atoms with Gasteiger partial charge in [0.05, 0.1) is 18.7 Å². The molecule has 256 valence electrons. The van der Waals surface area contributed by atoms with E-state index in [1.165, 1.54) is 18.2 Å². The molecule has 2 N–H and O–H groups in total. The van der Waals surface area contributed by atoms with E-state index in [4.69, 9.17) is 25.1 Å². The summed E-state index contributed by atoms with van der Waals surface area (Å²) in [5, 5.41) is 19.3. The van der Waals surface area contributed by atoms with Gasteiger partial charge in [0.2, 0.25) is 5.90 Å². The summed E-state index contributed by atoms with van der Waals surface area (Å²) >= 11 is 0. The maximum Gasteiger partial charge on any atom is 0.416 e. The number of hydrogen-bond acceptors (Lipinski definition) is 7. The first-order valence-electron chi connectivity index (χ1n) is 15.5. The van der Waals surface area contributed by atoms with Crippen LogP contribution in [0.2, 0.25) is 0 Å². The van der Waals surface area contributed by atoms with Gasteiger partial charge in [-0.3, -0.25) is 4.79 Å². The standard InChI is InChI=1S/C35H31F3N8O4/c36-35(37,38)29-12-5-2-10-26(29)21-41-33(48)34(20-24-8-3-6-13-30(24)44-46-40)31(28-11-4-1-9-25(28)22-42-45-39)50-32(43-34)23-14-16-27(17-15-23)49-19-7-18-47/h1-6,8-17,31,47H,7,18-22H2,(H,41,48)/t31-,34-/m1/s1. The molecule has 15 heteroatoms. The smallest absolute Gasteiger partial charge is 0.416 e. The molecule has 2 atom stereocenters. The Labute approximate surface area is 284 Å². The maximum absolute atomic E-state index is 14.7. The zero-order chi connectivity index (χ0) is 35.6. The average Bonchev–Trinajstić information content (AvgIpc) is 3.51. The van der Waals surface area contributed by atoms with Gasteiger partial charge in [-0.2, -0.15) is 13.2 Å². The number of benzene rings is 4. The van der Waals surface area contributed by atoms with Crippen LogP contribution < -0.4 is 10.1 Å². The molecule has 0 fully saturated rings. The van der Waals surface area contributed by atoms with Crippen molar-refractivity contribution >= 4 is 17.5 Å².